The zero-order valence-electron chi connectivity index (χ0n) is 11.0. The van der Waals surface area contributed by atoms with Crippen LogP contribution in [0.1, 0.15) is 4.88 Å². The molecule has 1 aliphatic rings. The zero-order chi connectivity index (χ0) is 14.6. The number of hydrogen-bond donors (Lipinski definition) is 2. The molecule has 1 aliphatic heterocycles. The lowest BCUT2D eigenvalue weighted by molar-refractivity contribution is 0.284. The summed E-state index contributed by atoms with van der Waals surface area (Å²) in [5, 5.41) is 0.626. The molecule has 0 fully saturated rings. The lowest BCUT2D eigenvalue weighted by Crippen LogP contribution is -2.09. The summed E-state index contributed by atoms with van der Waals surface area (Å²) in [4.78, 5) is 19.8. The number of para-hydroxylation sites is 1. The molecule has 21 heavy (non-hydrogen) atoms. The molecule has 0 radical (unpaired) electrons. The SMILES string of the molecule is COc1cccc2c1OCc1sc3[nH]c(=S)[nH]c(=O)c3c1-2. The minimum Gasteiger partial charge on any atom is -0.493 e. The van der Waals surface area contributed by atoms with E-state index in [1.807, 2.05) is 18.2 Å². The van der Waals surface area contributed by atoms with E-state index in [0.29, 0.717) is 28.3 Å². The third-order valence-corrected chi connectivity index (χ3v) is 4.76. The molecule has 1 aromatic carbocycles. The Morgan fingerprint density at radius 1 is 1.38 bits per heavy atom. The lowest BCUT2D eigenvalue weighted by Gasteiger charge is -2.19. The van der Waals surface area contributed by atoms with Crippen molar-refractivity contribution in [3.8, 4) is 22.6 Å². The van der Waals surface area contributed by atoms with Gasteiger partial charge in [0.1, 0.15) is 11.4 Å². The Balaban J connectivity index is 2.15. The van der Waals surface area contributed by atoms with E-state index < -0.39 is 0 Å². The van der Waals surface area contributed by atoms with Crippen molar-refractivity contribution in [2.24, 2.45) is 0 Å². The average Bonchev–Trinajstić information content (AvgIpc) is 2.85. The second-order valence-corrected chi connectivity index (χ2v) is 6.15. The highest BCUT2D eigenvalue weighted by Gasteiger charge is 2.26. The minimum absolute atomic E-state index is 0.179. The van der Waals surface area contributed by atoms with Crippen LogP contribution in [0.5, 0.6) is 11.5 Å². The van der Waals surface area contributed by atoms with Gasteiger partial charge in [0.2, 0.25) is 0 Å². The molecule has 7 heteroatoms. The maximum atomic E-state index is 12.3. The van der Waals surface area contributed by atoms with Crippen molar-refractivity contribution in [1.82, 2.24) is 9.97 Å². The zero-order valence-corrected chi connectivity index (χ0v) is 12.6. The molecule has 5 nitrogen and oxygen atoms in total. The number of thiophene rings is 1. The molecule has 0 unspecified atom stereocenters. The first-order valence-corrected chi connectivity index (χ1v) is 7.49. The first kappa shape index (κ1) is 12.6. The Bertz CT molecular complexity index is 984. The molecule has 3 aromatic rings. The van der Waals surface area contributed by atoms with Gasteiger partial charge in [-0.25, -0.2) is 0 Å². The number of nitrogens with one attached hydrogen (secondary N) is 2. The van der Waals surface area contributed by atoms with Crippen molar-refractivity contribution in [1.29, 1.82) is 0 Å². The number of hydrogen-bond acceptors (Lipinski definition) is 5. The van der Waals surface area contributed by atoms with Crippen LogP contribution in [0.2, 0.25) is 0 Å². The van der Waals surface area contributed by atoms with Gasteiger partial charge >= 0.3 is 0 Å². The van der Waals surface area contributed by atoms with Crippen LogP contribution in [0.25, 0.3) is 21.3 Å². The molecular weight excluding hydrogens is 308 g/mol. The topological polar surface area (TPSA) is 67.1 Å². The molecule has 0 saturated carbocycles. The number of methoxy groups -OCH3 is 1. The standard InChI is InChI=1S/C14H10N2O3S2/c1-18-7-4-2-3-6-9-8(5-19-11(6)7)21-13-10(9)12(17)15-14(20)16-13/h2-4H,5H2,1H3,(H2,15,16,17,20). The highest BCUT2D eigenvalue weighted by molar-refractivity contribution is 7.71. The first-order valence-electron chi connectivity index (χ1n) is 6.27. The largest absolute Gasteiger partial charge is 0.493 e. The third-order valence-electron chi connectivity index (χ3n) is 3.48. The predicted octanol–water partition coefficient (Wildman–Crippen LogP) is 3.22. The van der Waals surface area contributed by atoms with Crippen molar-refractivity contribution in [2.45, 2.75) is 6.61 Å². The second-order valence-electron chi connectivity index (χ2n) is 4.64. The van der Waals surface area contributed by atoms with Crippen molar-refractivity contribution in [3.05, 3.63) is 38.2 Å². The van der Waals surface area contributed by atoms with Gasteiger partial charge in [0.15, 0.2) is 16.3 Å². The van der Waals surface area contributed by atoms with E-state index in [1.54, 1.807) is 7.11 Å². The summed E-state index contributed by atoms with van der Waals surface area (Å²) in [7, 11) is 1.60. The Labute approximate surface area is 128 Å². The van der Waals surface area contributed by atoms with Crippen molar-refractivity contribution >= 4 is 33.8 Å². The van der Waals surface area contributed by atoms with Gasteiger partial charge in [-0.2, -0.15) is 0 Å². The Morgan fingerprint density at radius 2 is 2.24 bits per heavy atom. The molecule has 0 saturated heterocycles. The van der Waals surface area contributed by atoms with E-state index in [1.165, 1.54) is 11.3 Å². The highest BCUT2D eigenvalue weighted by atomic mass is 32.1. The Morgan fingerprint density at radius 3 is 3.05 bits per heavy atom. The first-order chi connectivity index (χ1) is 10.2. The summed E-state index contributed by atoms with van der Waals surface area (Å²) in [6.07, 6.45) is 0. The van der Waals surface area contributed by atoms with E-state index in [0.717, 1.165) is 20.8 Å². The monoisotopic (exact) mass is 318 g/mol. The van der Waals surface area contributed by atoms with Crippen LogP contribution in [0.15, 0.2) is 23.0 Å². The number of ether oxygens (including phenoxy) is 2. The van der Waals surface area contributed by atoms with Gasteiger partial charge in [0.05, 0.1) is 17.4 Å². The molecule has 0 spiro atoms. The van der Waals surface area contributed by atoms with Crippen molar-refractivity contribution < 1.29 is 9.47 Å². The van der Waals surface area contributed by atoms with E-state index in [-0.39, 0.29) is 5.56 Å². The van der Waals surface area contributed by atoms with Gasteiger partial charge in [0.25, 0.3) is 5.56 Å². The summed E-state index contributed by atoms with van der Waals surface area (Å²) in [5.41, 5.74) is 1.60. The van der Waals surface area contributed by atoms with Crippen LogP contribution in [0.3, 0.4) is 0 Å². The van der Waals surface area contributed by atoms with Gasteiger partial charge in [-0.05, 0) is 18.3 Å². The molecule has 0 amide bonds. The summed E-state index contributed by atoms with van der Waals surface area (Å²) in [6, 6.07) is 5.66. The Hall–Kier alpha value is -2.12. The molecule has 3 heterocycles. The number of rotatable bonds is 1. The summed E-state index contributed by atoms with van der Waals surface area (Å²) >= 11 is 6.53. The number of benzene rings is 1. The van der Waals surface area contributed by atoms with Gasteiger partial charge < -0.3 is 14.5 Å². The van der Waals surface area contributed by atoms with Gasteiger partial charge in [-0.3, -0.25) is 9.78 Å². The fourth-order valence-electron chi connectivity index (χ4n) is 2.63. The van der Waals surface area contributed by atoms with Crippen molar-refractivity contribution in [3.63, 3.8) is 0 Å². The van der Waals surface area contributed by atoms with E-state index >= 15 is 0 Å². The summed E-state index contributed by atoms with van der Waals surface area (Å²) < 4.78 is 11.5. The third kappa shape index (κ3) is 1.74. The maximum Gasteiger partial charge on any atom is 0.261 e. The van der Waals surface area contributed by atoms with Crippen molar-refractivity contribution in [2.75, 3.05) is 7.11 Å². The molecule has 2 aromatic heterocycles. The van der Waals surface area contributed by atoms with E-state index in [4.69, 9.17) is 21.7 Å². The smallest absolute Gasteiger partial charge is 0.261 e. The fourth-order valence-corrected chi connectivity index (χ4v) is 4.02. The number of H-pyrrole nitrogens is 2. The number of aromatic nitrogens is 2. The van der Waals surface area contributed by atoms with Gasteiger partial charge in [-0.1, -0.05) is 12.1 Å². The van der Waals surface area contributed by atoms with Gasteiger partial charge in [0, 0.05) is 11.1 Å². The van der Waals surface area contributed by atoms with Crippen LogP contribution in [-0.2, 0) is 6.61 Å². The Kier molecular flexibility index (Phi) is 2.66. The maximum absolute atomic E-state index is 12.3. The number of aromatic amines is 2. The van der Waals surface area contributed by atoms with E-state index in [2.05, 4.69) is 9.97 Å². The highest BCUT2D eigenvalue weighted by Crippen LogP contribution is 2.47. The van der Waals surface area contributed by atoms with Crippen LogP contribution in [0, 0.1) is 4.77 Å². The van der Waals surface area contributed by atoms with E-state index in [9.17, 15) is 4.79 Å². The molecule has 0 bridgehead atoms. The summed E-state index contributed by atoms with van der Waals surface area (Å²) in [6.45, 7) is 0.419. The molecule has 2 N–H and O–H groups in total. The number of fused-ring (bicyclic) bond motifs is 5. The average molecular weight is 318 g/mol. The second kappa shape index (κ2) is 4.44. The fraction of sp³-hybridized carbons (Fsp3) is 0.143. The minimum atomic E-state index is -0.179. The quantitative estimate of drug-likeness (QED) is 0.676. The molecule has 0 aliphatic carbocycles. The van der Waals surface area contributed by atoms with Crippen LogP contribution in [-0.4, -0.2) is 17.1 Å². The molecular formula is C14H10N2O3S2. The predicted molar refractivity (Wildman–Crippen MR) is 84.0 cm³/mol. The van der Waals surface area contributed by atoms with Crippen LogP contribution < -0.4 is 15.0 Å². The molecule has 0 atom stereocenters. The normalized spacial score (nSPS) is 12.6. The molecule has 4 rings (SSSR count). The van der Waals surface area contributed by atoms with Gasteiger partial charge in [-0.15, -0.1) is 11.3 Å². The summed E-state index contributed by atoms with van der Waals surface area (Å²) in [5.74, 6) is 1.34. The van der Waals surface area contributed by atoms with Crippen LogP contribution in [0.4, 0.5) is 0 Å². The lowest BCUT2D eigenvalue weighted by atomic mass is 10.0. The van der Waals surface area contributed by atoms with Crippen LogP contribution >= 0.6 is 23.6 Å². The molecule has 106 valence electrons.